The third-order valence-electron chi connectivity index (χ3n) is 4.43. The molecule has 0 spiro atoms. The van der Waals surface area contributed by atoms with Crippen molar-refractivity contribution in [2.24, 2.45) is 0 Å². The summed E-state index contributed by atoms with van der Waals surface area (Å²) >= 11 is 0. The molecule has 6 nitrogen and oxygen atoms in total. The summed E-state index contributed by atoms with van der Waals surface area (Å²) in [6, 6.07) is 4.10. The van der Waals surface area contributed by atoms with Crippen LogP contribution in [0.5, 0.6) is 0 Å². The predicted molar refractivity (Wildman–Crippen MR) is 83.6 cm³/mol. The number of morpholine rings is 1. The van der Waals surface area contributed by atoms with E-state index in [1.807, 2.05) is 12.1 Å². The van der Waals surface area contributed by atoms with Crippen LogP contribution in [0.3, 0.4) is 0 Å². The highest BCUT2D eigenvalue weighted by Gasteiger charge is 2.38. The molecule has 0 aliphatic carbocycles. The third-order valence-corrected chi connectivity index (χ3v) is 6.52. The largest absolute Gasteiger partial charge is 0.379 e. The normalized spacial score (nSPS) is 24.6. The van der Waals surface area contributed by atoms with Crippen LogP contribution in [0.1, 0.15) is 24.8 Å². The van der Waals surface area contributed by atoms with Gasteiger partial charge < -0.3 is 4.74 Å². The first-order valence-corrected chi connectivity index (χ1v) is 9.31. The van der Waals surface area contributed by atoms with Crippen LogP contribution in [0, 0.1) is 0 Å². The molecule has 2 aliphatic rings. The molecule has 2 fully saturated rings. The number of nitrogens with zero attached hydrogens (tertiary/aromatic N) is 3. The van der Waals surface area contributed by atoms with Crippen molar-refractivity contribution in [3.8, 4) is 0 Å². The van der Waals surface area contributed by atoms with Gasteiger partial charge in [0.1, 0.15) is 0 Å². The molecule has 7 heteroatoms. The Bertz CT molecular complexity index is 573. The van der Waals surface area contributed by atoms with Gasteiger partial charge in [0.25, 0.3) is 10.2 Å². The van der Waals surface area contributed by atoms with E-state index in [0.717, 1.165) is 25.7 Å². The maximum atomic E-state index is 12.8. The van der Waals surface area contributed by atoms with Gasteiger partial charge in [-0.2, -0.15) is 17.0 Å². The molecule has 3 heterocycles. The molecule has 0 saturated carbocycles. The fourth-order valence-corrected chi connectivity index (χ4v) is 5.06. The maximum Gasteiger partial charge on any atom is 0.282 e. The Hall–Kier alpha value is -1.02. The van der Waals surface area contributed by atoms with Crippen LogP contribution in [-0.2, 0) is 21.4 Å². The zero-order chi connectivity index (χ0) is 15.4. The van der Waals surface area contributed by atoms with Gasteiger partial charge in [-0.25, -0.2) is 0 Å². The summed E-state index contributed by atoms with van der Waals surface area (Å²) in [6.07, 6.45) is 7.23. The molecule has 2 aliphatic heterocycles. The van der Waals surface area contributed by atoms with Crippen molar-refractivity contribution >= 4 is 10.2 Å². The number of hydrogen-bond acceptors (Lipinski definition) is 4. The average Bonchev–Trinajstić information content (AvgIpc) is 3.04. The Kier molecular flexibility index (Phi) is 5.07. The van der Waals surface area contributed by atoms with E-state index in [1.165, 1.54) is 5.56 Å². The number of aryl methyl sites for hydroxylation is 1. The molecule has 0 aromatic carbocycles. The van der Waals surface area contributed by atoms with E-state index in [2.05, 4.69) is 4.98 Å². The van der Waals surface area contributed by atoms with Crippen molar-refractivity contribution in [1.29, 1.82) is 0 Å². The van der Waals surface area contributed by atoms with Crippen LogP contribution >= 0.6 is 0 Å². The summed E-state index contributed by atoms with van der Waals surface area (Å²) in [5.74, 6) is 0. The van der Waals surface area contributed by atoms with Gasteiger partial charge in [0, 0.05) is 38.1 Å². The molecule has 3 rings (SSSR count). The SMILES string of the molecule is O=S(=O)(N1CCOCC1)N1CCC[C@H]1CCc1ccncc1. The van der Waals surface area contributed by atoms with E-state index in [4.69, 9.17) is 4.74 Å². The topological polar surface area (TPSA) is 62.7 Å². The highest BCUT2D eigenvalue weighted by atomic mass is 32.2. The monoisotopic (exact) mass is 325 g/mol. The summed E-state index contributed by atoms with van der Waals surface area (Å²) in [5.41, 5.74) is 1.21. The lowest BCUT2D eigenvalue weighted by atomic mass is 10.1. The number of ether oxygens (including phenoxy) is 1. The Labute approximate surface area is 132 Å². The van der Waals surface area contributed by atoms with E-state index in [9.17, 15) is 8.42 Å². The summed E-state index contributed by atoms with van der Waals surface area (Å²) in [4.78, 5) is 4.02. The second-order valence-corrected chi connectivity index (χ2v) is 7.70. The first-order valence-electron chi connectivity index (χ1n) is 7.91. The fraction of sp³-hybridized carbons (Fsp3) is 0.667. The summed E-state index contributed by atoms with van der Waals surface area (Å²) in [6.45, 7) is 2.57. The second kappa shape index (κ2) is 7.04. The second-order valence-electron chi connectivity index (χ2n) is 5.82. The van der Waals surface area contributed by atoms with Gasteiger partial charge in [-0.1, -0.05) is 0 Å². The van der Waals surface area contributed by atoms with E-state index < -0.39 is 10.2 Å². The highest BCUT2D eigenvalue weighted by Crippen LogP contribution is 2.27. The van der Waals surface area contributed by atoms with Gasteiger partial charge in [-0.05, 0) is 43.4 Å². The van der Waals surface area contributed by atoms with Gasteiger partial charge in [-0.15, -0.1) is 0 Å². The van der Waals surface area contributed by atoms with E-state index in [-0.39, 0.29) is 6.04 Å². The minimum atomic E-state index is -3.34. The van der Waals surface area contributed by atoms with Crippen LogP contribution in [0.25, 0.3) is 0 Å². The molecule has 0 amide bonds. The molecular weight excluding hydrogens is 302 g/mol. The minimum Gasteiger partial charge on any atom is -0.379 e. The molecule has 2 saturated heterocycles. The Morgan fingerprint density at radius 2 is 1.91 bits per heavy atom. The number of rotatable bonds is 5. The van der Waals surface area contributed by atoms with Gasteiger partial charge in [0.05, 0.1) is 13.2 Å². The molecule has 1 atom stereocenters. The van der Waals surface area contributed by atoms with Gasteiger partial charge in [0.2, 0.25) is 0 Å². The van der Waals surface area contributed by atoms with Crippen LogP contribution in [-0.4, -0.2) is 60.9 Å². The first-order chi connectivity index (χ1) is 10.7. The summed E-state index contributed by atoms with van der Waals surface area (Å²) in [5, 5.41) is 0. The Morgan fingerprint density at radius 1 is 1.18 bits per heavy atom. The molecule has 0 unspecified atom stereocenters. The lowest BCUT2D eigenvalue weighted by Crippen LogP contribution is -2.50. The molecule has 1 aromatic rings. The quantitative estimate of drug-likeness (QED) is 0.812. The zero-order valence-corrected chi connectivity index (χ0v) is 13.5. The van der Waals surface area contributed by atoms with E-state index >= 15 is 0 Å². The summed E-state index contributed by atoms with van der Waals surface area (Å²) < 4.78 is 34.1. The van der Waals surface area contributed by atoms with Crippen molar-refractivity contribution in [2.75, 3.05) is 32.8 Å². The molecule has 0 radical (unpaired) electrons. The van der Waals surface area contributed by atoms with Gasteiger partial charge in [-0.3, -0.25) is 4.98 Å². The lowest BCUT2D eigenvalue weighted by Gasteiger charge is -2.33. The predicted octanol–water partition coefficient (Wildman–Crippen LogP) is 1.06. The summed E-state index contributed by atoms with van der Waals surface area (Å²) in [7, 11) is -3.34. The van der Waals surface area contributed by atoms with Crippen molar-refractivity contribution < 1.29 is 13.2 Å². The average molecular weight is 325 g/mol. The van der Waals surface area contributed by atoms with Crippen molar-refractivity contribution in [1.82, 2.24) is 13.6 Å². The molecule has 0 N–H and O–H groups in total. The van der Waals surface area contributed by atoms with Gasteiger partial charge in [0.15, 0.2) is 0 Å². The Morgan fingerprint density at radius 3 is 2.64 bits per heavy atom. The number of hydrogen-bond donors (Lipinski definition) is 0. The number of pyridine rings is 1. The van der Waals surface area contributed by atoms with Crippen LogP contribution in [0.15, 0.2) is 24.5 Å². The highest BCUT2D eigenvalue weighted by molar-refractivity contribution is 7.86. The molecular formula is C15H23N3O3S. The zero-order valence-electron chi connectivity index (χ0n) is 12.7. The molecule has 22 heavy (non-hydrogen) atoms. The number of aromatic nitrogens is 1. The van der Waals surface area contributed by atoms with Crippen LogP contribution in [0.4, 0.5) is 0 Å². The Balaban J connectivity index is 1.64. The van der Waals surface area contributed by atoms with Crippen LogP contribution in [0.2, 0.25) is 0 Å². The standard InChI is InChI=1S/C15H23N3O3S/c19-22(20,17-10-12-21-13-11-17)18-9-1-2-15(18)4-3-14-5-7-16-8-6-14/h5-8,15H,1-4,9-13H2/t15-/m0/s1. The first kappa shape index (κ1) is 15.9. The maximum absolute atomic E-state index is 12.8. The van der Waals surface area contributed by atoms with Crippen molar-refractivity contribution in [2.45, 2.75) is 31.7 Å². The molecule has 0 bridgehead atoms. The van der Waals surface area contributed by atoms with Crippen molar-refractivity contribution in [3.05, 3.63) is 30.1 Å². The molecule has 1 aromatic heterocycles. The third kappa shape index (κ3) is 3.48. The lowest BCUT2D eigenvalue weighted by molar-refractivity contribution is 0.0698. The fourth-order valence-electron chi connectivity index (χ4n) is 3.21. The minimum absolute atomic E-state index is 0.112. The molecule has 122 valence electrons. The van der Waals surface area contributed by atoms with E-state index in [1.54, 1.807) is 21.0 Å². The van der Waals surface area contributed by atoms with Crippen LogP contribution < -0.4 is 0 Å². The van der Waals surface area contributed by atoms with Gasteiger partial charge >= 0.3 is 0 Å². The smallest absolute Gasteiger partial charge is 0.282 e. The van der Waals surface area contributed by atoms with E-state index in [0.29, 0.717) is 32.8 Å². The van der Waals surface area contributed by atoms with Crippen molar-refractivity contribution in [3.63, 3.8) is 0 Å².